The third-order valence-corrected chi connectivity index (χ3v) is 3.23. The maximum Gasteiger partial charge on any atom is 0.257 e. The van der Waals surface area contributed by atoms with E-state index in [1.165, 1.54) is 0 Å². The van der Waals surface area contributed by atoms with Gasteiger partial charge in [-0.25, -0.2) is 0 Å². The average Bonchev–Trinajstić information content (AvgIpc) is 2.86. The summed E-state index contributed by atoms with van der Waals surface area (Å²) >= 11 is 0. The van der Waals surface area contributed by atoms with Gasteiger partial charge in [-0.3, -0.25) is 4.79 Å². The fraction of sp³-hybridized carbons (Fsp3) is 0.643. The van der Waals surface area contributed by atoms with Gasteiger partial charge in [0.25, 0.3) is 5.91 Å². The van der Waals surface area contributed by atoms with Gasteiger partial charge in [0.05, 0.1) is 6.61 Å². The highest BCUT2D eigenvalue weighted by atomic mass is 16.5. The number of likely N-dealkylation sites (tertiary alicyclic amines) is 1. The lowest BCUT2D eigenvalue weighted by molar-refractivity contribution is -0.124. The summed E-state index contributed by atoms with van der Waals surface area (Å²) in [5.74, 6) is 0.975. The van der Waals surface area contributed by atoms with Crippen LogP contribution >= 0.6 is 0 Å². The van der Waals surface area contributed by atoms with E-state index in [9.17, 15) is 4.79 Å². The molecule has 0 spiro atoms. The van der Waals surface area contributed by atoms with Gasteiger partial charge < -0.3 is 20.1 Å². The number of hydrogen-bond acceptors (Lipinski definition) is 4. The Morgan fingerprint density at radius 2 is 2.42 bits per heavy atom. The number of carbonyl (C=O) groups is 1. The lowest BCUT2D eigenvalue weighted by Gasteiger charge is -2.14. The predicted molar refractivity (Wildman–Crippen MR) is 74.5 cm³/mol. The van der Waals surface area contributed by atoms with Crippen molar-refractivity contribution in [2.45, 2.75) is 13.3 Å². The van der Waals surface area contributed by atoms with Crippen molar-refractivity contribution in [3.05, 3.63) is 24.5 Å². The molecule has 0 saturated carbocycles. The van der Waals surface area contributed by atoms with Crippen LogP contribution in [0.1, 0.15) is 13.3 Å². The molecule has 1 amide bonds. The summed E-state index contributed by atoms with van der Waals surface area (Å²) in [7, 11) is 0. The number of aliphatic hydroxyl groups excluding tert-OH is 1. The number of aliphatic hydroxyl groups is 1. The van der Waals surface area contributed by atoms with Crippen molar-refractivity contribution in [3.8, 4) is 0 Å². The second kappa shape index (κ2) is 8.72. The van der Waals surface area contributed by atoms with E-state index in [-0.39, 0.29) is 19.1 Å². The minimum atomic E-state index is -0.109. The number of ether oxygens (including phenoxy) is 1. The molecule has 0 aromatic heterocycles. The molecule has 1 saturated heterocycles. The Bertz CT molecular complexity index is 329. The van der Waals surface area contributed by atoms with Crippen LogP contribution in [0.15, 0.2) is 24.5 Å². The zero-order valence-electron chi connectivity index (χ0n) is 11.6. The summed E-state index contributed by atoms with van der Waals surface area (Å²) in [6.45, 7) is 8.98. The van der Waals surface area contributed by atoms with Crippen molar-refractivity contribution in [1.29, 1.82) is 0 Å². The topological polar surface area (TPSA) is 61.8 Å². The maximum atomic E-state index is 11.6. The Morgan fingerprint density at radius 3 is 3.05 bits per heavy atom. The van der Waals surface area contributed by atoms with E-state index >= 15 is 0 Å². The van der Waals surface area contributed by atoms with Crippen molar-refractivity contribution >= 4 is 5.91 Å². The van der Waals surface area contributed by atoms with Gasteiger partial charge in [-0.1, -0.05) is 6.58 Å². The first-order valence-electron chi connectivity index (χ1n) is 6.71. The van der Waals surface area contributed by atoms with E-state index in [4.69, 9.17) is 9.84 Å². The van der Waals surface area contributed by atoms with Crippen LogP contribution in [0.2, 0.25) is 0 Å². The maximum absolute atomic E-state index is 11.6. The standard InChI is InChI=1S/C14H24N2O3/c1-3-13(4-2)19-11-14(18)15-9-12-5-6-16(10-12)7-8-17/h3-4,12,17H,1,5-11H2,2H3,(H,15,18)/b13-4+. The monoisotopic (exact) mass is 268 g/mol. The number of nitrogens with one attached hydrogen (secondary N) is 1. The Balaban J connectivity index is 2.15. The first kappa shape index (κ1) is 15.7. The minimum absolute atomic E-state index is 0.0266. The van der Waals surface area contributed by atoms with Crippen molar-refractivity contribution in [2.75, 3.05) is 39.4 Å². The predicted octanol–water partition coefficient (Wildman–Crippen LogP) is 0.523. The highest BCUT2D eigenvalue weighted by molar-refractivity contribution is 5.77. The summed E-state index contributed by atoms with van der Waals surface area (Å²) in [4.78, 5) is 13.8. The number of allylic oxidation sites excluding steroid dienone is 2. The van der Waals surface area contributed by atoms with Crippen LogP contribution in [-0.4, -0.2) is 55.3 Å². The lowest BCUT2D eigenvalue weighted by atomic mass is 10.1. The number of carbonyl (C=O) groups excluding carboxylic acids is 1. The first-order chi connectivity index (χ1) is 9.19. The van der Waals surface area contributed by atoms with Crippen LogP contribution < -0.4 is 5.32 Å². The quantitative estimate of drug-likeness (QED) is 0.498. The van der Waals surface area contributed by atoms with Crippen molar-refractivity contribution < 1.29 is 14.6 Å². The largest absolute Gasteiger partial charge is 0.484 e. The van der Waals surface area contributed by atoms with Crippen LogP contribution in [-0.2, 0) is 9.53 Å². The summed E-state index contributed by atoms with van der Waals surface area (Å²) < 4.78 is 5.26. The molecule has 1 rings (SSSR count). The third-order valence-electron chi connectivity index (χ3n) is 3.23. The first-order valence-corrected chi connectivity index (χ1v) is 6.71. The third kappa shape index (κ3) is 5.89. The second-order valence-electron chi connectivity index (χ2n) is 4.67. The molecule has 19 heavy (non-hydrogen) atoms. The van der Waals surface area contributed by atoms with Gasteiger partial charge in [0.2, 0.25) is 0 Å². The number of nitrogens with zero attached hydrogens (tertiary/aromatic N) is 1. The molecule has 1 aliphatic rings. The van der Waals surface area contributed by atoms with Crippen LogP contribution in [0.4, 0.5) is 0 Å². The number of β-amino-alcohol motifs (C(OH)–C–C–N with tert-alkyl or cyclic N) is 1. The van der Waals surface area contributed by atoms with Crippen molar-refractivity contribution in [3.63, 3.8) is 0 Å². The van der Waals surface area contributed by atoms with Gasteiger partial charge in [-0.15, -0.1) is 0 Å². The van der Waals surface area contributed by atoms with E-state index in [0.717, 1.165) is 26.1 Å². The van der Waals surface area contributed by atoms with Crippen LogP contribution in [0.5, 0.6) is 0 Å². The highest BCUT2D eigenvalue weighted by Gasteiger charge is 2.22. The normalized spacial score (nSPS) is 20.3. The molecule has 1 aliphatic heterocycles. The van der Waals surface area contributed by atoms with Gasteiger partial charge in [0.15, 0.2) is 6.61 Å². The Hall–Kier alpha value is -1.33. The molecule has 1 fully saturated rings. The summed E-state index contributed by atoms with van der Waals surface area (Å²) in [6, 6.07) is 0. The molecule has 1 unspecified atom stereocenters. The zero-order chi connectivity index (χ0) is 14.1. The van der Waals surface area contributed by atoms with E-state index in [1.807, 2.05) is 6.92 Å². The van der Waals surface area contributed by atoms with Gasteiger partial charge in [0.1, 0.15) is 5.76 Å². The molecule has 0 aromatic carbocycles. The fourth-order valence-electron chi connectivity index (χ4n) is 2.14. The highest BCUT2D eigenvalue weighted by Crippen LogP contribution is 2.14. The van der Waals surface area contributed by atoms with Crippen molar-refractivity contribution in [1.82, 2.24) is 10.2 Å². The summed E-state index contributed by atoms with van der Waals surface area (Å²) in [5, 5.41) is 11.7. The molecular weight excluding hydrogens is 244 g/mol. The molecule has 0 radical (unpaired) electrons. The Labute approximate surface area is 114 Å². The van der Waals surface area contributed by atoms with Crippen LogP contribution in [0, 0.1) is 5.92 Å². The molecule has 2 N–H and O–H groups in total. The van der Waals surface area contributed by atoms with Gasteiger partial charge in [-0.05, 0) is 38.0 Å². The SMILES string of the molecule is C=C/C(=C\C)OCC(=O)NCC1CCN(CCO)C1. The molecule has 108 valence electrons. The summed E-state index contributed by atoms with van der Waals surface area (Å²) in [5.41, 5.74) is 0. The van der Waals surface area contributed by atoms with Gasteiger partial charge in [-0.2, -0.15) is 0 Å². The van der Waals surface area contributed by atoms with Crippen LogP contribution in [0.25, 0.3) is 0 Å². The van der Waals surface area contributed by atoms with Gasteiger partial charge >= 0.3 is 0 Å². The molecular formula is C14H24N2O3. The van der Waals surface area contributed by atoms with Crippen molar-refractivity contribution in [2.24, 2.45) is 5.92 Å². The molecule has 1 atom stereocenters. The number of hydrogen-bond donors (Lipinski definition) is 2. The molecule has 0 bridgehead atoms. The summed E-state index contributed by atoms with van der Waals surface area (Å²) in [6.07, 6.45) is 4.41. The molecule has 0 aliphatic carbocycles. The zero-order valence-corrected chi connectivity index (χ0v) is 11.6. The van der Waals surface area contributed by atoms with E-state index < -0.39 is 0 Å². The Kier molecular flexibility index (Phi) is 7.22. The van der Waals surface area contributed by atoms with Gasteiger partial charge in [0, 0.05) is 19.6 Å². The lowest BCUT2D eigenvalue weighted by Crippen LogP contribution is -2.33. The fourth-order valence-corrected chi connectivity index (χ4v) is 2.14. The minimum Gasteiger partial charge on any atom is -0.484 e. The molecule has 1 heterocycles. The molecule has 0 aromatic rings. The van der Waals surface area contributed by atoms with E-state index in [1.54, 1.807) is 12.2 Å². The average molecular weight is 268 g/mol. The van der Waals surface area contributed by atoms with Crippen LogP contribution in [0.3, 0.4) is 0 Å². The second-order valence-corrected chi connectivity index (χ2v) is 4.67. The number of rotatable bonds is 8. The smallest absolute Gasteiger partial charge is 0.257 e. The number of amides is 1. The van der Waals surface area contributed by atoms with E-state index in [2.05, 4.69) is 16.8 Å². The van der Waals surface area contributed by atoms with E-state index in [0.29, 0.717) is 18.2 Å². The molecule has 5 heteroatoms. The molecule has 5 nitrogen and oxygen atoms in total. The Morgan fingerprint density at radius 1 is 1.63 bits per heavy atom.